The van der Waals surface area contributed by atoms with E-state index in [0.29, 0.717) is 12.8 Å². The first kappa shape index (κ1) is 28.0. The van der Waals surface area contributed by atoms with Crippen molar-refractivity contribution < 1.29 is 24.5 Å². The number of carbonyl (C=O) groups excluding carboxylic acids is 2. The van der Waals surface area contributed by atoms with Crippen LogP contribution in [0.15, 0.2) is 22.6 Å². The predicted molar refractivity (Wildman–Crippen MR) is 135 cm³/mol. The van der Waals surface area contributed by atoms with Gasteiger partial charge in [0.2, 0.25) is 0 Å². The highest BCUT2D eigenvalue weighted by atomic mass is 32.1. The van der Waals surface area contributed by atoms with Crippen molar-refractivity contribution in [2.24, 2.45) is 17.3 Å². The maximum Gasteiger partial charge on any atom is 0.309 e. The van der Waals surface area contributed by atoms with Gasteiger partial charge < -0.3 is 14.9 Å². The van der Waals surface area contributed by atoms with Crippen molar-refractivity contribution in [3.63, 3.8) is 0 Å². The number of cyclic esters (lactones) is 1. The van der Waals surface area contributed by atoms with Gasteiger partial charge in [0.05, 0.1) is 34.7 Å². The molecule has 5 atom stereocenters. The molecule has 0 bridgehead atoms. The van der Waals surface area contributed by atoms with E-state index >= 15 is 0 Å². The fraction of sp³-hybridized carbons (Fsp3) is 0.593. The fourth-order valence-corrected chi connectivity index (χ4v) is 4.45. The molecule has 2 rings (SSSR count). The lowest BCUT2D eigenvalue weighted by molar-refractivity contribution is -0.154. The van der Waals surface area contributed by atoms with Gasteiger partial charge in [-0.1, -0.05) is 44.3 Å². The highest BCUT2D eigenvalue weighted by Gasteiger charge is 2.42. The summed E-state index contributed by atoms with van der Waals surface area (Å²) in [5.41, 5.74) is 1.43. The number of Topliss-reactive ketones (excluding diaryl/α,β-unsaturated/α-hetero) is 1. The summed E-state index contributed by atoms with van der Waals surface area (Å²) in [4.78, 5) is 30.4. The molecule has 2 heterocycles. The quantitative estimate of drug-likeness (QED) is 0.362. The first-order valence-corrected chi connectivity index (χ1v) is 12.5. The first-order chi connectivity index (χ1) is 15.8. The lowest BCUT2D eigenvalue weighted by Crippen LogP contribution is -2.45. The summed E-state index contributed by atoms with van der Waals surface area (Å²) in [6, 6.07) is 0. The molecular weight excluding hydrogens is 450 g/mol. The molecule has 0 spiro atoms. The van der Waals surface area contributed by atoms with Crippen LogP contribution in [0, 0.1) is 36.0 Å². The van der Waals surface area contributed by atoms with Crippen molar-refractivity contribution in [2.45, 2.75) is 86.0 Å². The molecule has 0 aromatic carbocycles. The normalized spacial score (nSPS) is 31.1. The van der Waals surface area contributed by atoms with Crippen LogP contribution in [0.25, 0.3) is 6.08 Å². The second-order valence-electron chi connectivity index (χ2n) is 9.82. The molecule has 1 aromatic heterocycles. The highest BCUT2D eigenvalue weighted by Crippen LogP contribution is 2.31. The molecule has 7 heteroatoms. The van der Waals surface area contributed by atoms with Gasteiger partial charge >= 0.3 is 5.97 Å². The minimum atomic E-state index is -1.25. The largest absolute Gasteiger partial charge is 0.457 e. The molecule has 0 fully saturated rings. The Balaban J connectivity index is 2.39. The molecule has 1 aliphatic rings. The molecule has 0 saturated heterocycles. The van der Waals surface area contributed by atoms with Crippen molar-refractivity contribution in [3.8, 4) is 11.8 Å². The van der Waals surface area contributed by atoms with Crippen molar-refractivity contribution in [3.05, 3.63) is 33.3 Å². The van der Waals surface area contributed by atoms with E-state index < -0.39 is 41.5 Å². The van der Waals surface area contributed by atoms with Crippen LogP contribution in [-0.2, 0) is 14.3 Å². The molecule has 34 heavy (non-hydrogen) atoms. The van der Waals surface area contributed by atoms with Crippen LogP contribution in [0.2, 0.25) is 0 Å². The topological polar surface area (TPSA) is 96.7 Å². The Bertz CT molecular complexity index is 1010. The number of esters is 1. The molecule has 6 nitrogen and oxygen atoms in total. The number of nitrogens with zero attached hydrogens (tertiary/aromatic N) is 1. The lowest BCUT2D eigenvalue weighted by Gasteiger charge is -2.33. The Labute approximate surface area is 207 Å². The Kier molecular flexibility index (Phi) is 9.81. The van der Waals surface area contributed by atoms with Gasteiger partial charge in [0.1, 0.15) is 11.9 Å². The number of aryl methyl sites for hydroxylation is 1. The molecule has 0 aliphatic carbocycles. The number of ketones is 1. The Morgan fingerprint density at radius 1 is 1.26 bits per heavy atom. The van der Waals surface area contributed by atoms with Crippen LogP contribution >= 0.6 is 11.3 Å². The van der Waals surface area contributed by atoms with E-state index in [-0.39, 0.29) is 12.2 Å². The van der Waals surface area contributed by atoms with E-state index in [9.17, 15) is 19.8 Å². The maximum atomic E-state index is 13.1. The third kappa shape index (κ3) is 7.36. The molecule has 186 valence electrons. The van der Waals surface area contributed by atoms with E-state index in [1.54, 1.807) is 39.0 Å². The van der Waals surface area contributed by atoms with Crippen LogP contribution < -0.4 is 0 Å². The van der Waals surface area contributed by atoms with Crippen molar-refractivity contribution in [1.82, 2.24) is 4.98 Å². The summed E-state index contributed by atoms with van der Waals surface area (Å²) < 4.78 is 5.77. The summed E-state index contributed by atoms with van der Waals surface area (Å²) in [6.07, 6.45) is 1.79. The Morgan fingerprint density at radius 2 is 1.94 bits per heavy atom. The zero-order valence-electron chi connectivity index (χ0n) is 21.2. The zero-order chi connectivity index (χ0) is 25.6. The van der Waals surface area contributed by atoms with Crippen molar-refractivity contribution >= 4 is 29.2 Å². The van der Waals surface area contributed by atoms with E-state index in [4.69, 9.17) is 4.74 Å². The van der Waals surface area contributed by atoms with Crippen molar-refractivity contribution in [1.29, 1.82) is 0 Å². The average Bonchev–Trinajstić information content (AvgIpc) is 3.18. The highest BCUT2D eigenvalue weighted by molar-refractivity contribution is 7.09. The van der Waals surface area contributed by atoms with Gasteiger partial charge in [0.25, 0.3) is 0 Å². The van der Waals surface area contributed by atoms with Crippen LogP contribution in [-0.4, -0.2) is 45.3 Å². The smallest absolute Gasteiger partial charge is 0.309 e. The molecule has 0 radical (unpaired) electrons. The van der Waals surface area contributed by atoms with E-state index in [2.05, 4.69) is 16.8 Å². The standard InChI is InChI=1S/C27H37NO5S/c1-16-9-8-10-17(2)25(31)19(4)26(32)27(6,7)23(29)14-24(30)33-22(12-11-16)18(3)13-21-15-34-20(5)28-21/h11,13,15,17,19,22-23,25,29,31H,9,12,14H2,1-7H3/b16-11-,18-13+/t17-,19+,22-,23-,25-/m0/s1. The Morgan fingerprint density at radius 3 is 2.56 bits per heavy atom. The van der Waals surface area contributed by atoms with E-state index in [1.165, 1.54) is 0 Å². The van der Waals surface area contributed by atoms with Crippen LogP contribution in [0.3, 0.4) is 0 Å². The number of ether oxygens (including phenoxy) is 1. The number of aromatic nitrogens is 1. The number of rotatable bonds is 2. The molecule has 1 aromatic rings. The summed E-state index contributed by atoms with van der Waals surface area (Å²) >= 11 is 1.55. The number of aliphatic hydroxyl groups excluding tert-OH is 2. The summed E-state index contributed by atoms with van der Waals surface area (Å²) in [7, 11) is 0. The number of hydrogen-bond donors (Lipinski definition) is 2. The fourth-order valence-electron chi connectivity index (χ4n) is 3.88. The number of aliphatic hydroxyl groups is 2. The van der Waals surface area contributed by atoms with Gasteiger partial charge in [-0.2, -0.15) is 0 Å². The van der Waals surface area contributed by atoms with Crippen molar-refractivity contribution in [2.75, 3.05) is 0 Å². The minimum absolute atomic E-state index is 0.316. The second-order valence-corrected chi connectivity index (χ2v) is 10.9. The van der Waals surface area contributed by atoms with Crippen LogP contribution in [0.4, 0.5) is 0 Å². The number of hydrogen-bond acceptors (Lipinski definition) is 7. The van der Waals surface area contributed by atoms with Crippen LogP contribution in [0.5, 0.6) is 0 Å². The monoisotopic (exact) mass is 487 g/mol. The second kappa shape index (κ2) is 11.9. The minimum Gasteiger partial charge on any atom is -0.457 e. The lowest BCUT2D eigenvalue weighted by atomic mass is 9.73. The number of carbonyl (C=O) groups is 2. The molecule has 0 saturated carbocycles. The average molecular weight is 488 g/mol. The Hall–Kier alpha value is -2.27. The summed E-state index contributed by atoms with van der Waals surface area (Å²) in [5.74, 6) is 4.09. The van der Waals surface area contributed by atoms with Gasteiger partial charge in [-0.3, -0.25) is 9.59 Å². The molecule has 0 amide bonds. The van der Waals surface area contributed by atoms with Gasteiger partial charge in [0.15, 0.2) is 0 Å². The predicted octanol–water partition coefficient (Wildman–Crippen LogP) is 4.49. The van der Waals surface area contributed by atoms with E-state index in [1.807, 2.05) is 38.3 Å². The zero-order valence-corrected chi connectivity index (χ0v) is 22.0. The SMILES string of the molecule is C/C1=C/C[C@@H](/C(C)=C/c2csc(C)n2)OC(=O)C[C@H](O)C(C)(C)C(=O)[C@H](C)[C@@H](O)[C@@H](C)C#CC1. The van der Waals surface area contributed by atoms with Crippen LogP contribution in [0.1, 0.15) is 71.5 Å². The number of allylic oxidation sites excluding steroid dienone is 1. The third-order valence-corrected chi connectivity index (χ3v) is 7.23. The van der Waals surface area contributed by atoms with Gasteiger partial charge in [-0.15, -0.1) is 11.3 Å². The molecule has 0 unspecified atom stereocenters. The molecular formula is C27H37NO5S. The number of thiazole rings is 1. The van der Waals surface area contributed by atoms with Gasteiger partial charge in [0, 0.05) is 30.1 Å². The molecule has 2 N–H and O–H groups in total. The summed E-state index contributed by atoms with van der Waals surface area (Å²) in [5, 5.41) is 24.4. The summed E-state index contributed by atoms with van der Waals surface area (Å²) in [6.45, 7) is 12.4. The maximum absolute atomic E-state index is 13.1. The van der Waals surface area contributed by atoms with Gasteiger partial charge in [-0.25, -0.2) is 4.98 Å². The van der Waals surface area contributed by atoms with E-state index in [0.717, 1.165) is 21.8 Å². The third-order valence-electron chi connectivity index (χ3n) is 6.44. The first-order valence-electron chi connectivity index (χ1n) is 11.7. The molecule has 1 aliphatic heterocycles. The van der Waals surface area contributed by atoms with Gasteiger partial charge in [-0.05, 0) is 39.3 Å².